The molecule has 0 saturated carbocycles. The van der Waals surface area contributed by atoms with Gasteiger partial charge in [-0.2, -0.15) is 5.10 Å². The predicted molar refractivity (Wildman–Crippen MR) is 96.0 cm³/mol. The minimum Gasteiger partial charge on any atom is -0.378 e. The normalized spacial score (nSPS) is 18.6. The Bertz CT molecular complexity index is 707. The van der Waals surface area contributed by atoms with Gasteiger partial charge in [0.1, 0.15) is 5.37 Å². The fourth-order valence-corrected chi connectivity index (χ4v) is 3.99. The van der Waals surface area contributed by atoms with E-state index < -0.39 is 12.0 Å². The van der Waals surface area contributed by atoms with Crippen LogP contribution in [0.4, 0.5) is 0 Å². The molecule has 0 fully saturated rings. The molecule has 3 rings (SSSR count). The smallest absolute Gasteiger partial charge is 0.277 e. The van der Waals surface area contributed by atoms with Crippen LogP contribution in [0.15, 0.2) is 65.8 Å². The molecule has 0 saturated heterocycles. The highest BCUT2D eigenvalue weighted by molar-refractivity contribution is 8.38. The Morgan fingerprint density at radius 2 is 1.78 bits per heavy atom. The average molecular weight is 344 g/mol. The van der Waals surface area contributed by atoms with Gasteiger partial charge < -0.3 is 5.11 Å². The van der Waals surface area contributed by atoms with E-state index in [-0.39, 0.29) is 5.37 Å². The van der Waals surface area contributed by atoms with Crippen LogP contribution in [0.2, 0.25) is 0 Å². The second-order valence-electron chi connectivity index (χ2n) is 4.95. The molecule has 1 heterocycles. The molecule has 1 aliphatic heterocycles. The third kappa shape index (κ3) is 3.44. The van der Waals surface area contributed by atoms with Crippen molar-refractivity contribution in [2.24, 2.45) is 5.10 Å². The van der Waals surface area contributed by atoms with Crippen molar-refractivity contribution in [1.82, 2.24) is 5.01 Å². The minimum atomic E-state index is -1.21. The number of thioether (sulfide) groups is 2. The number of benzene rings is 2. The third-order valence-corrected chi connectivity index (χ3v) is 5.66. The van der Waals surface area contributed by atoms with Gasteiger partial charge in [-0.25, -0.2) is 5.01 Å². The topological polar surface area (TPSA) is 52.9 Å². The summed E-state index contributed by atoms with van der Waals surface area (Å²) < 4.78 is 0.812. The van der Waals surface area contributed by atoms with Crippen LogP contribution in [-0.2, 0) is 4.79 Å². The quantitative estimate of drug-likeness (QED) is 0.924. The van der Waals surface area contributed by atoms with E-state index in [0.29, 0.717) is 5.56 Å². The average Bonchev–Trinajstić information content (AvgIpc) is 3.06. The molecule has 6 heteroatoms. The maximum absolute atomic E-state index is 12.7. The predicted octanol–water partition coefficient (Wildman–Crippen LogP) is 3.63. The van der Waals surface area contributed by atoms with E-state index in [0.717, 1.165) is 9.94 Å². The van der Waals surface area contributed by atoms with Crippen molar-refractivity contribution in [2.75, 3.05) is 6.26 Å². The Kier molecular flexibility index (Phi) is 5.05. The molecule has 0 aliphatic carbocycles. The van der Waals surface area contributed by atoms with Crippen molar-refractivity contribution in [2.45, 2.75) is 11.5 Å². The number of hydrogen-bond donors (Lipinski definition) is 1. The lowest BCUT2D eigenvalue weighted by Gasteiger charge is -2.23. The Morgan fingerprint density at radius 1 is 1.17 bits per heavy atom. The first kappa shape index (κ1) is 16.1. The lowest BCUT2D eigenvalue weighted by molar-refractivity contribution is -0.141. The molecule has 23 heavy (non-hydrogen) atoms. The maximum atomic E-state index is 12.7. The van der Waals surface area contributed by atoms with Gasteiger partial charge in [0.05, 0.1) is 0 Å². The van der Waals surface area contributed by atoms with Crippen molar-refractivity contribution in [3.63, 3.8) is 0 Å². The van der Waals surface area contributed by atoms with Gasteiger partial charge in [-0.1, -0.05) is 72.4 Å². The Hall–Kier alpha value is -1.76. The number of hydrogen-bond acceptors (Lipinski definition) is 5. The molecule has 0 bridgehead atoms. The Morgan fingerprint density at radius 3 is 2.39 bits per heavy atom. The van der Waals surface area contributed by atoms with Crippen LogP contribution >= 0.6 is 23.5 Å². The van der Waals surface area contributed by atoms with Crippen LogP contribution in [0.3, 0.4) is 0 Å². The number of hydrazone groups is 1. The van der Waals surface area contributed by atoms with E-state index in [1.54, 1.807) is 24.3 Å². The van der Waals surface area contributed by atoms with Crippen molar-refractivity contribution >= 4 is 33.8 Å². The van der Waals surface area contributed by atoms with Crippen LogP contribution < -0.4 is 0 Å². The number of carbonyl (C=O) groups is 1. The lowest BCUT2D eigenvalue weighted by atomic mass is 10.1. The van der Waals surface area contributed by atoms with Gasteiger partial charge in [-0.3, -0.25) is 4.79 Å². The van der Waals surface area contributed by atoms with Crippen LogP contribution in [0.5, 0.6) is 0 Å². The molecular formula is C17H16N2O2S2. The summed E-state index contributed by atoms with van der Waals surface area (Å²) in [6.45, 7) is 0. The third-order valence-electron chi connectivity index (χ3n) is 3.46. The molecule has 0 spiro atoms. The van der Waals surface area contributed by atoms with Crippen LogP contribution in [0.1, 0.15) is 22.6 Å². The zero-order valence-electron chi connectivity index (χ0n) is 12.5. The van der Waals surface area contributed by atoms with Gasteiger partial charge in [-0.15, -0.1) is 11.8 Å². The highest BCUT2D eigenvalue weighted by Gasteiger charge is 2.36. The summed E-state index contributed by atoms with van der Waals surface area (Å²) in [6, 6.07) is 18.7. The molecule has 0 aromatic heterocycles. The van der Waals surface area contributed by atoms with Gasteiger partial charge in [-0.05, 0) is 17.4 Å². The van der Waals surface area contributed by atoms with Gasteiger partial charge in [0, 0.05) is 0 Å². The standard InChI is InChI=1S/C17H16N2O2S2/c1-22-17-18-19(16(23-17)13-10-6-3-7-11-13)15(21)14(20)12-8-4-2-5-9-12/h2-11,14,16,20H,1H3/t14-,16-/m0/s1. The molecular weight excluding hydrogens is 328 g/mol. The summed E-state index contributed by atoms with van der Waals surface area (Å²) in [5, 5.41) is 15.9. The maximum Gasteiger partial charge on any atom is 0.277 e. The van der Waals surface area contributed by atoms with Crippen molar-refractivity contribution in [1.29, 1.82) is 0 Å². The fourth-order valence-electron chi connectivity index (χ4n) is 2.29. The molecule has 118 valence electrons. The Balaban J connectivity index is 1.88. The van der Waals surface area contributed by atoms with Gasteiger partial charge >= 0.3 is 0 Å². The number of aliphatic hydroxyl groups is 1. The zero-order valence-corrected chi connectivity index (χ0v) is 14.1. The number of nitrogens with zero attached hydrogens (tertiary/aromatic N) is 2. The summed E-state index contributed by atoms with van der Waals surface area (Å²) in [5.41, 5.74) is 1.56. The molecule has 1 amide bonds. The first-order valence-electron chi connectivity index (χ1n) is 7.11. The first-order valence-corrected chi connectivity index (χ1v) is 9.21. The van der Waals surface area contributed by atoms with E-state index in [9.17, 15) is 9.90 Å². The zero-order chi connectivity index (χ0) is 16.2. The molecule has 2 aromatic carbocycles. The summed E-state index contributed by atoms with van der Waals surface area (Å²) >= 11 is 3.02. The van der Waals surface area contributed by atoms with E-state index in [4.69, 9.17) is 0 Å². The molecule has 4 nitrogen and oxygen atoms in total. The number of amides is 1. The van der Waals surface area contributed by atoms with E-state index >= 15 is 0 Å². The number of aliphatic hydroxyl groups excluding tert-OH is 1. The summed E-state index contributed by atoms with van der Waals surface area (Å²) in [5.74, 6) is -0.415. The molecule has 1 N–H and O–H groups in total. The molecule has 0 radical (unpaired) electrons. The SMILES string of the molecule is CSC1=NN(C(=O)[C@@H](O)c2ccccc2)[C@H](c2ccccc2)S1. The number of rotatable bonds is 3. The van der Waals surface area contributed by atoms with Crippen molar-refractivity contribution in [3.05, 3.63) is 71.8 Å². The van der Waals surface area contributed by atoms with Crippen LogP contribution in [-0.4, -0.2) is 26.7 Å². The van der Waals surface area contributed by atoms with E-state index in [2.05, 4.69) is 5.10 Å². The first-order chi connectivity index (χ1) is 11.2. The monoisotopic (exact) mass is 344 g/mol. The van der Waals surface area contributed by atoms with E-state index in [1.807, 2.05) is 42.7 Å². The summed E-state index contributed by atoms with van der Waals surface area (Å²) in [4.78, 5) is 12.7. The second kappa shape index (κ2) is 7.21. The van der Waals surface area contributed by atoms with E-state index in [1.165, 1.54) is 28.5 Å². The largest absolute Gasteiger partial charge is 0.378 e. The van der Waals surface area contributed by atoms with Crippen LogP contribution in [0.25, 0.3) is 0 Å². The second-order valence-corrected chi connectivity index (χ2v) is 7.07. The van der Waals surface area contributed by atoms with Crippen molar-refractivity contribution in [3.8, 4) is 0 Å². The van der Waals surface area contributed by atoms with Gasteiger partial charge in [0.2, 0.25) is 0 Å². The lowest BCUT2D eigenvalue weighted by Crippen LogP contribution is -2.31. The van der Waals surface area contributed by atoms with Gasteiger partial charge in [0.25, 0.3) is 5.91 Å². The summed E-state index contributed by atoms with van der Waals surface area (Å²) in [6.07, 6.45) is 0.711. The molecule has 1 aliphatic rings. The number of carbonyl (C=O) groups excluding carboxylic acids is 1. The van der Waals surface area contributed by atoms with Crippen LogP contribution in [0, 0.1) is 0 Å². The fraction of sp³-hybridized carbons (Fsp3) is 0.176. The molecule has 2 atom stereocenters. The highest BCUT2D eigenvalue weighted by Crippen LogP contribution is 2.43. The summed E-state index contributed by atoms with van der Waals surface area (Å²) in [7, 11) is 0. The highest BCUT2D eigenvalue weighted by atomic mass is 32.2. The van der Waals surface area contributed by atoms with Gasteiger partial charge in [0.15, 0.2) is 10.5 Å². The molecule has 2 aromatic rings. The van der Waals surface area contributed by atoms with Crippen molar-refractivity contribution < 1.29 is 9.90 Å². The molecule has 0 unspecified atom stereocenters. The minimum absolute atomic E-state index is 0.246. The Labute approximate surface area is 143 Å².